The van der Waals surface area contributed by atoms with Crippen LogP contribution in [0.1, 0.15) is 39.5 Å². The van der Waals surface area contributed by atoms with Crippen molar-refractivity contribution < 1.29 is 30.7 Å². The van der Waals surface area contributed by atoms with Gasteiger partial charge in [-0.1, -0.05) is 0 Å². The van der Waals surface area contributed by atoms with Gasteiger partial charge in [-0.2, -0.15) is 0 Å². The van der Waals surface area contributed by atoms with Gasteiger partial charge in [0.25, 0.3) is 0 Å². The second-order valence-corrected chi connectivity index (χ2v) is 8.44. The van der Waals surface area contributed by atoms with E-state index >= 15 is 0 Å². The third-order valence-electron chi connectivity index (χ3n) is 3.38. The van der Waals surface area contributed by atoms with Gasteiger partial charge in [0, 0.05) is 0 Å². The van der Waals surface area contributed by atoms with Gasteiger partial charge in [0.15, 0.2) is 0 Å². The molecular weight excluding hydrogens is 399 g/mol. The topological polar surface area (TPSA) is 18.5 Å². The monoisotopic (exact) mass is 425 g/mol. The van der Waals surface area contributed by atoms with E-state index < -0.39 is 0 Å². The van der Waals surface area contributed by atoms with Crippen molar-refractivity contribution in [2.75, 3.05) is 13.2 Å². The van der Waals surface area contributed by atoms with Crippen molar-refractivity contribution in [3.8, 4) is 11.5 Å². The summed E-state index contributed by atoms with van der Waals surface area (Å²) in [5, 5.41) is 0. The Hall–Kier alpha value is -1.23. The van der Waals surface area contributed by atoms with Crippen molar-refractivity contribution in [3.63, 3.8) is 0 Å². The van der Waals surface area contributed by atoms with Crippen LogP contribution in [0.15, 0.2) is 48.5 Å². The molecule has 0 bridgehead atoms. The number of unbranched alkanes of at least 4 members (excludes halogenated alkanes) is 2. The molecule has 23 heavy (non-hydrogen) atoms. The van der Waals surface area contributed by atoms with E-state index in [4.69, 9.17) is 9.47 Å². The van der Waals surface area contributed by atoms with Crippen molar-refractivity contribution in [1.82, 2.24) is 0 Å². The molecule has 0 saturated carbocycles. The molecule has 0 atom stereocenters. The summed E-state index contributed by atoms with van der Waals surface area (Å²) in [6, 6.07) is 17.1. The second kappa shape index (κ2) is 10.5. The maximum absolute atomic E-state index is 5.71. The van der Waals surface area contributed by atoms with Crippen LogP contribution in [0.25, 0.3) is 0 Å². The van der Waals surface area contributed by atoms with E-state index in [2.05, 4.69) is 62.4 Å². The quantitative estimate of drug-likeness (QED) is 0.429. The maximum atomic E-state index is 5.71. The number of benzene rings is 2. The molecule has 0 aliphatic heterocycles. The number of halogens is 1. The fourth-order valence-corrected chi connectivity index (χ4v) is 4.14. The van der Waals surface area contributed by atoms with E-state index in [9.17, 15) is 0 Å². The molecule has 2 aromatic carbocycles. The molecular formula is C20H26IO2-. The molecule has 0 amide bonds. The Bertz CT molecular complexity index is 497. The second-order valence-electron chi connectivity index (χ2n) is 5.41. The van der Waals surface area contributed by atoms with E-state index in [-0.39, 0.29) is 21.2 Å². The van der Waals surface area contributed by atoms with Gasteiger partial charge in [0.2, 0.25) is 0 Å². The summed E-state index contributed by atoms with van der Waals surface area (Å²) in [5.41, 5.74) is 0. The van der Waals surface area contributed by atoms with Crippen LogP contribution in [0, 0.1) is 7.14 Å². The average molecular weight is 425 g/mol. The molecule has 0 aliphatic carbocycles. The summed E-state index contributed by atoms with van der Waals surface area (Å²) in [6.45, 7) is 5.98. The predicted molar refractivity (Wildman–Crippen MR) is 91.1 cm³/mol. The zero-order valence-electron chi connectivity index (χ0n) is 14.1. The van der Waals surface area contributed by atoms with Crippen molar-refractivity contribution in [2.24, 2.45) is 0 Å². The fourth-order valence-electron chi connectivity index (χ4n) is 1.98. The van der Waals surface area contributed by atoms with Gasteiger partial charge in [0.05, 0.1) is 0 Å². The van der Waals surface area contributed by atoms with Gasteiger partial charge in [-0.05, 0) is 0 Å². The Kier molecular flexibility index (Phi) is 8.29. The molecule has 0 saturated heterocycles. The molecule has 2 nitrogen and oxygen atoms in total. The zero-order valence-corrected chi connectivity index (χ0v) is 16.2. The van der Waals surface area contributed by atoms with Crippen LogP contribution in [0.4, 0.5) is 0 Å². The number of hydrogen-bond acceptors (Lipinski definition) is 2. The first-order chi connectivity index (χ1) is 11.3. The van der Waals surface area contributed by atoms with E-state index in [0.717, 1.165) is 37.6 Å². The summed E-state index contributed by atoms with van der Waals surface area (Å²) in [5.74, 6) is 1.96. The average Bonchev–Trinajstić information content (AvgIpc) is 2.58. The standard InChI is InChI=1S/C20H26IO2/c1-3-5-15-22-19-11-7-17(8-12-19)21-18-9-13-20(14-10-18)23-16-6-4-2/h7-14H,3-6,15-16H2,1-2H3/q-1. The van der Waals surface area contributed by atoms with Gasteiger partial charge >= 0.3 is 151 Å². The first-order valence-corrected chi connectivity index (χ1v) is 10.6. The SMILES string of the molecule is CCCCOc1ccc([I-]c2ccc(OCCCC)cc2)cc1. The molecule has 0 spiro atoms. The number of rotatable bonds is 10. The first-order valence-electron chi connectivity index (χ1n) is 8.42. The summed E-state index contributed by atoms with van der Waals surface area (Å²) < 4.78 is 14.2. The molecule has 0 unspecified atom stereocenters. The summed E-state index contributed by atoms with van der Waals surface area (Å²) >= 11 is -0.142. The first kappa shape index (κ1) is 18.1. The Morgan fingerprint density at radius 3 is 1.39 bits per heavy atom. The van der Waals surface area contributed by atoms with E-state index in [1.165, 1.54) is 20.0 Å². The van der Waals surface area contributed by atoms with E-state index in [0.29, 0.717) is 0 Å². The Morgan fingerprint density at radius 2 is 1.04 bits per heavy atom. The Balaban J connectivity index is 1.84. The van der Waals surface area contributed by atoms with Crippen LogP contribution in [0.3, 0.4) is 0 Å². The van der Waals surface area contributed by atoms with Crippen molar-refractivity contribution in [2.45, 2.75) is 39.5 Å². The van der Waals surface area contributed by atoms with Gasteiger partial charge in [0.1, 0.15) is 0 Å². The third-order valence-corrected chi connectivity index (χ3v) is 6.06. The molecule has 0 radical (unpaired) electrons. The van der Waals surface area contributed by atoms with Crippen LogP contribution in [0.2, 0.25) is 0 Å². The molecule has 0 fully saturated rings. The third kappa shape index (κ3) is 6.81. The Labute approximate surface area is 150 Å². The van der Waals surface area contributed by atoms with Crippen LogP contribution in [-0.2, 0) is 0 Å². The van der Waals surface area contributed by atoms with Crippen molar-refractivity contribution in [1.29, 1.82) is 0 Å². The normalized spacial score (nSPS) is 10.7. The van der Waals surface area contributed by atoms with E-state index in [1.54, 1.807) is 0 Å². The molecule has 2 rings (SSSR count). The molecule has 0 aliphatic rings. The minimum absolute atomic E-state index is 0.142. The molecule has 0 N–H and O–H groups in total. The molecule has 0 heterocycles. The molecule has 3 heteroatoms. The summed E-state index contributed by atoms with van der Waals surface area (Å²) in [7, 11) is 0. The summed E-state index contributed by atoms with van der Waals surface area (Å²) in [4.78, 5) is 0. The predicted octanol–water partition coefficient (Wildman–Crippen LogP) is 2.17. The summed E-state index contributed by atoms with van der Waals surface area (Å²) in [6.07, 6.45) is 4.56. The minimum atomic E-state index is -0.142. The van der Waals surface area contributed by atoms with Crippen LogP contribution in [-0.4, -0.2) is 13.2 Å². The van der Waals surface area contributed by atoms with Gasteiger partial charge in [-0.25, -0.2) is 0 Å². The Morgan fingerprint density at radius 1 is 0.652 bits per heavy atom. The zero-order chi connectivity index (χ0) is 16.3. The van der Waals surface area contributed by atoms with Crippen LogP contribution < -0.4 is 30.7 Å². The van der Waals surface area contributed by atoms with Gasteiger partial charge < -0.3 is 0 Å². The molecule has 2 aromatic rings. The van der Waals surface area contributed by atoms with Crippen molar-refractivity contribution >= 4 is 0 Å². The number of ether oxygens (including phenoxy) is 2. The van der Waals surface area contributed by atoms with Gasteiger partial charge in [-0.3, -0.25) is 0 Å². The fraction of sp³-hybridized carbons (Fsp3) is 0.400. The van der Waals surface area contributed by atoms with Crippen molar-refractivity contribution in [3.05, 3.63) is 55.7 Å². The van der Waals surface area contributed by atoms with Gasteiger partial charge in [-0.15, -0.1) is 0 Å². The number of hydrogen-bond donors (Lipinski definition) is 0. The molecule has 0 aromatic heterocycles. The molecule has 126 valence electrons. The van der Waals surface area contributed by atoms with Crippen LogP contribution >= 0.6 is 0 Å². The van der Waals surface area contributed by atoms with Crippen LogP contribution in [0.5, 0.6) is 11.5 Å². The van der Waals surface area contributed by atoms with E-state index in [1.807, 2.05) is 0 Å².